The maximum Gasteiger partial charge on any atom is 0.261 e. The van der Waals surface area contributed by atoms with Crippen molar-refractivity contribution in [2.45, 2.75) is 13.1 Å². The fourth-order valence-corrected chi connectivity index (χ4v) is 3.88. The fraction of sp³-hybridized carbons (Fsp3) is 0.167. The SMILES string of the molecule is O=C(c1ccccc1)N1CN(CCc2ccccc2)Cn2c1nc1ccccc12. The molecule has 3 aromatic carbocycles. The van der Waals surface area contributed by atoms with Gasteiger partial charge >= 0.3 is 0 Å². The Morgan fingerprint density at radius 3 is 2.31 bits per heavy atom. The molecule has 5 nitrogen and oxygen atoms in total. The molecule has 0 spiro atoms. The molecular weight excluding hydrogens is 360 g/mol. The van der Waals surface area contributed by atoms with Gasteiger partial charge in [-0.1, -0.05) is 60.7 Å². The van der Waals surface area contributed by atoms with Crippen LogP contribution < -0.4 is 4.90 Å². The van der Waals surface area contributed by atoms with Gasteiger partial charge in [0.25, 0.3) is 5.91 Å². The summed E-state index contributed by atoms with van der Waals surface area (Å²) in [6.07, 6.45) is 0.941. The van der Waals surface area contributed by atoms with E-state index in [2.05, 4.69) is 39.8 Å². The summed E-state index contributed by atoms with van der Waals surface area (Å²) in [6, 6.07) is 28.0. The highest BCUT2D eigenvalue weighted by Gasteiger charge is 2.30. The lowest BCUT2D eigenvalue weighted by Crippen LogP contribution is -2.48. The number of aromatic nitrogens is 2. The second-order valence-corrected chi connectivity index (χ2v) is 7.34. The number of carbonyl (C=O) groups is 1. The van der Waals surface area contributed by atoms with Gasteiger partial charge in [-0.15, -0.1) is 0 Å². The Labute approximate surface area is 169 Å². The Morgan fingerprint density at radius 2 is 1.52 bits per heavy atom. The first-order valence-corrected chi connectivity index (χ1v) is 9.88. The molecule has 0 radical (unpaired) electrons. The van der Waals surface area contributed by atoms with Crippen LogP contribution in [0.1, 0.15) is 15.9 Å². The number of benzene rings is 3. The van der Waals surface area contributed by atoms with Crippen molar-refractivity contribution in [3.63, 3.8) is 0 Å². The molecule has 0 bridgehead atoms. The summed E-state index contributed by atoms with van der Waals surface area (Å²) in [5.41, 5.74) is 3.95. The lowest BCUT2D eigenvalue weighted by molar-refractivity contribution is 0.0938. The van der Waals surface area contributed by atoms with Crippen LogP contribution in [0.3, 0.4) is 0 Å². The molecule has 1 amide bonds. The summed E-state index contributed by atoms with van der Waals surface area (Å²) < 4.78 is 2.14. The Kier molecular flexibility index (Phi) is 4.58. The highest BCUT2D eigenvalue weighted by molar-refractivity contribution is 6.06. The highest BCUT2D eigenvalue weighted by Crippen LogP contribution is 2.28. The van der Waals surface area contributed by atoms with Crippen LogP contribution in [-0.2, 0) is 13.1 Å². The summed E-state index contributed by atoms with van der Waals surface area (Å²) in [5, 5.41) is 0. The van der Waals surface area contributed by atoms with Crippen molar-refractivity contribution >= 4 is 22.9 Å². The minimum atomic E-state index is -0.0217. The normalized spacial score (nSPS) is 14.1. The number of hydrogen-bond donors (Lipinski definition) is 0. The van der Waals surface area contributed by atoms with Gasteiger partial charge in [0.15, 0.2) is 0 Å². The third kappa shape index (κ3) is 3.41. The predicted molar refractivity (Wildman–Crippen MR) is 115 cm³/mol. The largest absolute Gasteiger partial charge is 0.296 e. The minimum absolute atomic E-state index is 0.0217. The molecule has 144 valence electrons. The van der Waals surface area contributed by atoms with Crippen molar-refractivity contribution in [3.8, 4) is 0 Å². The molecular formula is C24H22N4O. The van der Waals surface area contributed by atoms with E-state index in [1.165, 1.54) is 5.56 Å². The van der Waals surface area contributed by atoms with Crippen molar-refractivity contribution in [2.75, 3.05) is 18.1 Å². The number of fused-ring (bicyclic) bond motifs is 3. The van der Waals surface area contributed by atoms with Gasteiger partial charge in [-0.25, -0.2) is 4.98 Å². The molecule has 0 fully saturated rings. The van der Waals surface area contributed by atoms with Crippen molar-refractivity contribution < 1.29 is 4.79 Å². The summed E-state index contributed by atoms with van der Waals surface area (Å²) in [5.74, 6) is 0.697. The first-order valence-electron chi connectivity index (χ1n) is 9.88. The topological polar surface area (TPSA) is 41.4 Å². The van der Waals surface area contributed by atoms with E-state index < -0.39 is 0 Å². The van der Waals surface area contributed by atoms with Crippen LogP contribution in [0.25, 0.3) is 11.0 Å². The average Bonchev–Trinajstić information content (AvgIpc) is 3.17. The number of nitrogens with zero attached hydrogens (tertiary/aromatic N) is 4. The number of rotatable bonds is 4. The van der Waals surface area contributed by atoms with Crippen molar-refractivity contribution in [2.24, 2.45) is 0 Å². The van der Waals surface area contributed by atoms with E-state index in [4.69, 9.17) is 4.98 Å². The first kappa shape index (κ1) is 17.6. The second kappa shape index (κ2) is 7.53. The molecule has 0 aliphatic carbocycles. The van der Waals surface area contributed by atoms with E-state index in [-0.39, 0.29) is 5.91 Å². The third-order valence-electron chi connectivity index (χ3n) is 5.38. The molecule has 29 heavy (non-hydrogen) atoms. The van der Waals surface area contributed by atoms with Gasteiger partial charge < -0.3 is 0 Å². The molecule has 0 saturated carbocycles. The molecule has 0 N–H and O–H groups in total. The van der Waals surface area contributed by atoms with E-state index in [9.17, 15) is 4.79 Å². The quantitative estimate of drug-likeness (QED) is 0.532. The molecule has 5 rings (SSSR count). The van der Waals surface area contributed by atoms with Gasteiger partial charge in [-0.05, 0) is 36.2 Å². The van der Waals surface area contributed by atoms with Gasteiger partial charge in [0.2, 0.25) is 5.95 Å². The maximum atomic E-state index is 13.3. The van der Waals surface area contributed by atoms with Crippen LogP contribution in [-0.4, -0.2) is 33.6 Å². The average molecular weight is 382 g/mol. The molecule has 0 atom stereocenters. The predicted octanol–water partition coefficient (Wildman–Crippen LogP) is 4.16. The van der Waals surface area contributed by atoms with Crippen LogP contribution in [0.15, 0.2) is 84.9 Å². The van der Waals surface area contributed by atoms with Crippen molar-refractivity contribution in [1.29, 1.82) is 0 Å². The fourth-order valence-electron chi connectivity index (χ4n) is 3.88. The van der Waals surface area contributed by atoms with E-state index in [1.54, 1.807) is 4.90 Å². The Balaban J connectivity index is 1.49. The third-order valence-corrected chi connectivity index (χ3v) is 5.38. The maximum absolute atomic E-state index is 13.3. The molecule has 0 saturated heterocycles. The monoisotopic (exact) mass is 382 g/mol. The summed E-state index contributed by atoms with van der Waals surface area (Å²) in [4.78, 5) is 22.2. The van der Waals surface area contributed by atoms with Gasteiger partial charge in [0, 0.05) is 12.1 Å². The van der Waals surface area contributed by atoms with E-state index >= 15 is 0 Å². The van der Waals surface area contributed by atoms with Crippen LogP contribution in [0.2, 0.25) is 0 Å². The molecule has 1 aliphatic rings. The van der Waals surface area contributed by atoms with Crippen LogP contribution in [0, 0.1) is 0 Å². The Bertz CT molecular complexity index is 1140. The standard InChI is InChI=1S/C24H22N4O/c29-23(20-11-5-2-6-12-20)28-18-26(16-15-19-9-3-1-4-10-19)17-27-22-14-8-7-13-21(22)25-24(27)28/h1-14H,15-18H2. The van der Waals surface area contributed by atoms with E-state index in [0.717, 1.165) is 36.6 Å². The van der Waals surface area contributed by atoms with E-state index in [0.29, 0.717) is 12.2 Å². The number of imidazole rings is 1. The van der Waals surface area contributed by atoms with Crippen LogP contribution in [0.4, 0.5) is 5.95 Å². The molecule has 4 aromatic rings. The summed E-state index contributed by atoms with van der Waals surface area (Å²) >= 11 is 0. The number of hydrogen-bond acceptors (Lipinski definition) is 3. The summed E-state index contributed by atoms with van der Waals surface area (Å²) in [6.45, 7) is 2.12. The molecule has 1 aliphatic heterocycles. The zero-order valence-electron chi connectivity index (χ0n) is 16.1. The number of carbonyl (C=O) groups excluding carboxylic acids is 1. The van der Waals surface area contributed by atoms with Gasteiger partial charge in [-0.2, -0.15) is 0 Å². The number of anilines is 1. The summed E-state index contributed by atoms with van der Waals surface area (Å²) in [7, 11) is 0. The highest BCUT2D eigenvalue weighted by atomic mass is 16.2. The van der Waals surface area contributed by atoms with Gasteiger partial charge in [-0.3, -0.25) is 19.2 Å². The molecule has 0 unspecified atom stereocenters. The minimum Gasteiger partial charge on any atom is -0.296 e. The second-order valence-electron chi connectivity index (χ2n) is 7.34. The van der Waals surface area contributed by atoms with Crippen LogP contribution >= 0.6 is 0 Å². The molecule has 2 heterocycles. The number of para-hydroxylation sites is 2. The number of amides is 1. The van der Waals surface area contributed by atoms with Gasteiger partial charge in [0.05, 0.1) is 24.4 Å². The smallest absolute Gasteiger partial charge is 0.261 e. The zero-order valence-corrected chi connectivity index (χ0v) is 16.1. The Morgan fingerprint density at radius 1 is 0.828 bits per heavy atom. The first-order chi connectivity index (χ1) is 14.3. The van der Waals surface area contributed by atoms with E-state index in [1.807, 2.05) is 54.6 Å². The molecule has 1 aromatic heterocycles. The lowest BCUT2D eigenvalue weighted by atomic mass is 10.1. The zero-order chi connectivity index (χ0) is 19.6. The molecule has 5 heteroatoms. The van der Waals surface area contributed by atoms with Crippen LogP contribution in [0.5, 0.6) is 0 Å². The van der Waals surface area contributed by atoms with Gasteiger partial charge in [0.1, 0.15) is 0 Å². The van der Waals surface area contributed by atoms with Crippen molar-refractivity contribution in [3.05, 3.63) is 96.1 Å². The Hall–Kier alpha value is -3.44. The van der Waals surface area contributed by atoms with Crippen molar-refractivity contribution in [1.82, 2.24) is 14.5 Å². The lowest BCUT2D eigenvalue weighted by Gasteiger charge is -2.36.